The van der Waals surface area contributed by atoms with Gasteiger partial charge in [0.05, 0.1) is 17.7 Å². The number of nitrogens with one attached hydrogen (secondary N) is 1. The van der Waals surface area contributed by atoms with Crippen LogP contribution in [0.2, 0.25) is 0 Å². The Hall–Kier alpha value is -2.96. The van der Waals surface area contributed by atoms with E-state index in [0.717, 1.165) is 5.56 Å². The minimum absolute atomic E-state index is 0.198. The molecule has 138 valence electrons. The Morgan fingerprint density at radius 2 is 1.73 bits per heavy atom. The zero-order valence-corrected chi connectivity index (χ0v) is 15.8. The first-order chi connectivity index (χ1) is 12.3. The van der Waals surface area contributed by atoms with Gasteiger partial charge < -0.3 is 9.88 Å². The van der Waals surface area contributed by atoms with Gasteiger partial charge in [0.2, 0.25) is 0 Å². The number of rotatable bonds is 2. The van der Waals surface area contributed by atoms with E-state index in [2.05, 4.69) is 10.3 Å². The topological polar surface area (TPSA) is 68.9 Å². The highest BCUT2D eigenvalue weighted by Crippen LogP contribution is 2.26. The Morgan fingerprint density at radius 1 is 1.08 bits per heavy atom. The fourth-order valence-corrected chi connectivity index (χ4v) is 2.66. The smallest absolute Gasteiger partial charge is 0.264 e. The van der Waals surface area contributed by atoms with Crippen molar-refractivity contribution in [2.45, 2.75) is 27.7 Å². The maximum atomic E-state index is 14.2. The van der Waals surface area contributed by atoms with Crippen LogP contribution < -0.4 is 16.4 Å². The van der Waals surface area contributed by atoms with Gasteiger partial charge in [-0.05, 0) is 31.5 Å². The van der Waals surface area contributed by atoms with Gasteiger partial charge in [0, 0.05) is 19.7 Å². The highest BCUT2D eigenvalue weighted by molar-refractivity contribution is 5.92. The van der Waals surface area contributed by atoms with Crippen molar-refractivity contribution in [3.63, 3.8) is 0 Å². The number of nitrogens with zero attached hydrogens (tertiary/aromatic N) is 3. The molecule has 0 bridgehead atoms. The summed E-state index contributed by atoms with van der Waals surface area (Å²) in [4.78, 5) is 29.2. The highest BCUT2D eigenvalue weighted by atomic mass is 19.1. The van der Waals surface area contributed by atoms with Crippen LogP contribution in [0.15, 0.2) is 34.1 Å². The zero-order chi connectivity index (χ0) is 19.6. The fraction of sp³-hybridized carbons (Fsp3) is 0.316. The van der Waals surface area contributed by atoms with Crippen molar-refractivity contribution >= 4 is 22.4 Å². The monoisotopic (exact) mass is 358 g/mol. The van der Waals surface area contributed by atoms with E-state index in [1.165, 1.54) is 21.5 Å². The predicted octanol–water partition coefficient (Wildman–Crippen LogP) is 3.16. The van der Waals surface area contributed by atoms with Gasteiger partial charge in [-0.25, -0.2) is 9.37 Å². The summed E-state index contributed by atoms with van der Waals surface area (Å²) in [5.41, 5.74) is 1.24. The first-order valence-electron chi connectivity index (χ1n) is 8.39. The van der Waals surface area contributed by atoms with Gasteiger partial charge >= 0.3 is 0 Å². The third kappa shape index (κ3) is 3.24. The van der Waals surface area contributed by atoms with Gasteiger partial charge in [-0.15, -0.1) is 0 Å². The van der Waals surface area contributed by atoms with Crippen LogP contribution in [0.4, 0.5) is 15.8 Å². The standard InChI is InChI=1S/C17H17FN4O2.C2H6/c1-9-5-6-12(11(18)7-9)20-14-10(2)16(23)22(4)15-13(14)17(24)21(3)8-19-15;1-2/h5-8,20H,1-4H3;1-2H3. The summed E-state index contributed by atoms with van der Waals surface area (Å²) in [6, 6.07) is 4.71. The van der Waals surface area contributed by atoms with Crippen LogP contribution in [-0.2, 0) is 14.1 Å². The van der Waals surface area contributed by atoms with Gasteiger partial charge in [0.1, 0.15) is 11.2 Å². The van der Waals surface area contributed by atoms with E-state index in [-0.39, 0.29) is 33.5 Å². The normalized spacial score (nSPS) is 10.4. The molecule has 3 aromatic rings. The molecule has 0 amide bonds. The van der Waals surface area contributed by atoms with Crippen LogP contribution in [0.25, 0.3) is 11.0 Å². The second-order valence-electron chi connectivity index (χ2n) is 5.83. The van der Waals surface area contributed by atoms with Crippen LogP contribution >= 0.6 is 0 Å². The second kappa shape index (κ2) is 7.51. The van der Waals surface area contributed by atoms with Crippen LogP contribution in [-0.4, -0.2) is 14.1 Å². The van der Waals surface area contributed by atoms with Crippen LogP contribution in [0.3, 0.4) is 0 Å². The van der Waals surface area contributed by atoms with Crippen LogP contribution in [0.5, 0.6) is 0 Å². The maximum Gasteiger partial charge on any atom is 0.264 e. The molecule has 0 radical (unpaired) electrons. The number of hydrogen-bond donors (Lipinski definition) is 1. The number of aromatic nitrogens is 3. The first kappa shape index (κ1) is 19.4. The molecule has 2 heterocycles. The van der Waals surface area contributed by atoms with E-state index in [9.17, 15) is 14.0 Å². The second-order valence-corrected chi connectivity index (χ2v) is 5.83. The van der Waals surface area contributed by atoms with E-state index < -0.39 is 5.82 Å². The Balaban J connectivity index is 0.00000117. The third-order valence-corrected chi connectivity index (χ3v) is 4.06. The average Bonchev–Trinajstić information content (AvgIpc) is 2.63. The van der Waals surface area contributed by atoms with Crippen LogP contribution in [0, 0.1) is 19.7 Å². The molecule has 0 aliphatic heterocycles. The zero-order valence-electron chi connectivity index (χ0n) is 15.8. The van der Waals surface area contributed by atoms with Gasteiger partial charge in [-0.2, -0.15) is 0 Å². The van der Waals surface area contributed by atoms with Gasteiger partial charge in [-0.1, -0.05) is 19.9 Å². The summed E-state index contributed by atoms with van der Waals surface area (Å²) < 4.78 is 16.8. The Labute approximate surface area is 150 Å². The average molecular weight is 358 g/mol. The lowest BCUT2D eigenvalue weighted by molar-refractivity contribution is 0.630. The Bertz CT molecular complexity index is 1080. The molecule has 0 saturated heterocycles. The number of benzene rings is 1. The molecule has 2 aromatic heterocycles. The SMILES string of the molecule is CC.Cc1ccc(Nc2c(C)c(=O)n(C)c3ncn(C)c(=O)c23)c(F)c1. The molecule has 0 aliphatic carbocycles. The van der Waals surface area contributed by atoms with Gasteiger partial charge in [0.15, 0.2) is 5.65 Å². The molecule has 0 unspecified atom stereocenters. The van der Waals surface area contributed by atoms with Crippen molar-refractivity contribution in [2.75, 3.05) is 5.32 Å². The quantitative estimate of drug-likeness (QED) is 0.764. The van der Waals surface area contributed by atoms with Gasteiger partial charge in [-0.3, -0.25) is 14.2 Å². The van der Waals surface area contributed by atoms with Crippen molar-refractivity contribution in [3.05, 3.63) is 62.2 Å². The number of anilines is 2. The van der Waals surface area contributed by atoms with Crippen molar-refractivity contribution < 1.29 is 4.39 Å². The molecule has 0 fully saturated rings. The van der Waals surface area contributed by atoms with Crippen LogP contribution in [0.1, 0.15) is 25.0 Å². The van der Waals surface area contributed by atoms with Crippen molar-refractivity contribution in [1.29, 1.82) is 0 Å². The summed E-state index contributed by atoms with van der Waals surface area (Å²) in [5, 5.41) is 3.15. The molecular weight excluding hydrogens is 335 g/mol. The molecule has 6 nitrogen and oxygen atoms in total. The molecule has 1 aromatic carbocycles. The third-order valence-electron chi connectivity index (χ3n) is 4.06. The molecule has 26 heavy (non-hydrogen) atoms. The molecule has 3 rings (SSSR count). The maximum absolute atomic E-state index is 14.2. The lowest BCUT2D eigenvalue weighted by Crippen LogP contribution is -2.27. The van der Waals surface area contributed by atoms with E-state index in [0.29, 0.717) is 5.56 Å². The summed E-state index contributed by atoms with van der Waals surface area (Å²) in [6.07, 6.45) is 1.36. The Kier molecular flexibility index (Phi) is 5.59. The van der Waals surface area contributed by atoms with Crippen molar-refractivity contribution in [1.82, 2.24) is 14.1 Å². The molecule has 1 N–H and O–H groups in total. The minimum Gasteiger partial charge on any atom is -0.352 e. The number of halogens is 1. The van der Waals surface area contributed by atoms with E-state index in [4.69, 9.17) is 0 Å². The van der Waals surface area contributed by atoms with E-state index >= 15 is 0 Å². The highest BCUT2D eigenvalue weighted by Gasteiger charge is 2.18. The van der Waals surface area contributed by atoms with Gasteiger partial charge in [0.25, 0.3) is 11.1 Å². The minimum atomic E-state index is -0.455. The number of hydrogen-bond acceptors (Lipinski definition) is 4. The van der Waals surface area contributed by atoms with E-state index in [1.54, 1.807) is 40.1 Å². The molecule has 0 spiro atoms. The summed E-state index contributed by atoms with van der Waals surface area (Å²) in [6.45, 7) is 7.38. The van der Waals surface area contributed by atoms with Crippen molar-refractivity contribution in [3.8, 4) is 0 Å². The summed E-state index contributed by atoms with van der Waals surface area (Å²) in [5.74, 6) is -0.455. The molecule has 7 heteroatoms. The summed E-state index contributed by atoms with van der Waals surface area (Å²) >= 11 is 0. The lowest BCUT2D eigenvalue weighted by atomic mass is 10.1. The molecule has 0 aliphatic rings. The first-order valence-corrected chi connectivity index (χ1v) is 8.39. The molecule has 0 saturated carbocycles. The molecule has 0 atom stereocenters. The lowest BCUT2D eigenvalue weighted by Gasteiger charge is -2.15. The largest absolute Gasteiger partial charge is 0.352 e. The fourth-order valence-electron chi connectivity index (χ4n) is 2.66. The van der Waals surface area contributed by atoms with E-state index in [1.807, 2.05) is 13.8 Å². The predicted molar refractivity (Wildman–Crippen MR) is 103 cm³/mol. The number of pyridine rings is 1. The Morgan fingerprint density at radius 3 is 2.35 bits per heavy atom. The number of fused-ring (bicyclic) bond motifs is 1. The summed E-state index contributed by atoms with van der Waals surface area (Å²) in [7, 11) is 3.13. The molecular formula is C19H23FN4O2. The number of aryl methyl sites for hydroxylation is 3. The van der Waals surface area contributed by atoms with Crippen molar-refractivity contribution in [2.24, 2.45) is 14.1 Å².